The highest BCUT2D eigenvalue weighted by molar-refractivity contribution is 6.62. The Labute approximate surface area is 154 Å². The van der Waals surface area contributed by atoms with Crippen molar-refractivity contribution in [3.05, 3.63) is 29.3 Å². The maximum atomic E-state index is 11.2. The molecule has 1 aromatic carbocycles. The molecule has 1 aromatic rings. The SMILES string of the molecule is CCCCCC(O)(CC)c1cc(C)cc(B2OC(C)(C)C(C)(C)O2)c1. The Bertz CT molecular complexity index is 581. The van der Waals surface area contributed by atoms with Crippen molar-refractivity contribution in [1.29, 1.82) is 0 Å². The molecule has 0 spiro atoms. The van der Waals surface area contributed by atoms with Gasteiger partial charge in [-0.15, -0.1) is 0 Å². The largest absolute Gasteiger partial charge is 0.494 e. The third kappa shape index (κ3) is 4.29. The summed E-state index contributed by atoms with van der Waals surface area (Å²) in [5.41, 5.74) is 1.61. The second-order valence-corrected chi connectivity index (χ2v) is 8.56. The molecule has 4 heteroatoms. The first kappa shape index (κ1) is 20.5. The molecule has 0 amide bonds. The smallest absolute Gasteiger partial charge is 0.399 e. The molecule has 0 bridgehead atoms. The van der Waals surface area contributed by atoms with E-state index in [1.807, 2.05) is 0 Å². The Balaban J connectivity index is 2.31. The van der Waals surface area contributed by atoms with Crippen LogP contribution in [-0.2, 0) is 14.9 Å². The summed E-state index contributed by atoms with van der Waals surface area (Å²) in [5, 5.41) is 11.2. The van der Waals surface area contributed by atoms with Gasteiger partial charge in [0.25, 0.3) is 0 Å². The molecular weight excluding hydrogens is 311 g/mol. The van der Waals surface area contributed by atoms with Crippen LogP contribution in [0.2, 0.25) is 0 Å². The monoisotopic (exact) mass is 346 g/mol. The fourth-order valence-electron chi connectivity index (χ4n) is 3.39. The second-order valence-electron chi connectivity index (χ2n) is 8.56. The molecule has 2 rings (SSSR count). The molecule has 0 aromatic heterocycles. The summed E-state index contributed by atoms with van der Waals surface area (Å²) in [6.45, 7) is 14.6. The van der Waals surface area contributed by atoms with E-state index < -0.39 is 5.60 Å². The van der Waals surface area contributed by atoms with Gasteiger partial charge in [0.15, 0.2) is 0 Å². The molecule has 1 aliphatic heterocycles. The maximum Gasteiger partial charge on any atom is 0.494 e. The Morgan fingerprint density at radius 2 is 1.60 bits per heavy atom. The summed E-state index contributed by atoms with van der Waals surface area (Å²) in [6.07, 6.45) is 4.86. The highest BCUT2D eigenvalue weighted by Gasteiger charge is 2.51. The number of aliphatic hydroxyl groups is 1. The molecule has 140 valence electrons. The van der Waals surface area contributed by atoms with Crippen molar-refractivity contribution in [2.75, 3.05) is 0 Å². The normalized spacial score (nSPS) is 21.4. The van der Waals surface area contributed by atoms with Crippen LogP contribution in [0.25, 0.3) is 0 Å². The number of benzene rings is 1. The minimum absolute atomic E-state index is 0.357. The number of hydrogen-bond acceptors (Lipinski definition) is 3. The van der Waals surface area contributed by atoms with Crippen LogP contribution in [0.1, 0.15) is 84.8 Å². The minimum atomic E-state index is -0.778. The molecule has 1 unspecified atom stereocenters. The highest BCUT2D eigenvalue weighted by Crippen LogP contribution is 2.37. The fourth-order valence-corrected chi connectivity index (χ4v) is 3.39. The van der Waals surface area contributed by atoms with Crippen LogP contribution in [0, 0.1) is 6.92 Å². The summed E-state index contributed by atoms with van der Waals surface area (Å²) >= 11 is 0. The quantitative estimate of drug-likeness (QED) is 0.585. The van der Waals surface area contributed by atoms with E-state index in [0.29, 0.717) is 6.42 Å². The molecule has 1 N–H and O–H groups in total. The topological polar surface area (TPSA) is 38.7 Å². The van der Waals surface area contributed by atoms with Gasteiger partial charge in [-0.2, -0.15) is 0 Å². The van der Waals surface area contributed by atoms with E-state index >= 15 is 0 Å². The first-order chi connectivity index (χ1) is 11.5. The van der Waals surface area contributed by atoms with Crippen molar-refractivity contribution in [3.63, 3.8) is 0 Å². The van der Waals surface area contributed by atoms with E-state index in [1.54, 1.807) is 0 Å². The van der Waals surface area contributed by atoms with Crippen LogP contribution in [0.5, 0.6) is 0 Å². The molecular formula is C21H35BO3. The van der Waals surface area contributed by atoms with Crippen LogP contribution >= 0.6 is 0 Å². The number of unbranched alkanes of at least 4 members (excludes halogenated alkanes) is 2. The van der Waals surface area contributed by atoms with Gasteiger partial charge in [0.1, 0.15) is 0 Å². The van der Waals surface area contributed by atoms with Gasteiger partial charge in [0.05, 0.1) is 16.8 Å². The lowest BCUT2D eigenvalue weighted by atomic mass is 9.74. The Hall–Kier alpha value is -0.835. The van der Waals surface area contributed by atoms with Gasteiger partial charge in [-0.05, 0) is 58.5 Å². The van der Waals surface area contributed by atoms with E-state index in [-0.39, 0.29) is 18.3 Å². The molecule has 1 aliphatic rings. The molecule has 1 heterocycles. The van der Waals surface area contributed by atoms with Gasteiger partial charge in [-0.25, -0.2) is 0 Å². The Morgan fingerprint density at radius 1 is 1.00 bits per heavy atom. The van der Waals surface area contributed by atoms with Crippen molar-refractivity contribution >= 4 is 12.6 Å². The van der Waals surface area contributed by atoms with Crippen molar-refractivity contribution in [3.8, 4) is 0 Å². The molecule has 0 saturated carbocycles. The predicted octanol–water partition coefficient (Wildman–Crippen LogP) is 4.47. The average Bonchev–Trinajstić information content (AvgIpc) is 2.75. The minimum Gasteiger partial charge on any atom is -0.399 e. The van der Waals surface area contributed by atoms with Crippen LogP contribution in [-0.4, -0.2) is 23.4 Å². The summed E-state index contributed by atoms with van der Waals surface area (Å²) in [4.78, 5) is 0. The number of hydrogen-bond donors (Lipinski definition) is 1. The van der Waals surface area contributed by atoms with Crippen LogP contribution in [0.3, 0.4) is 0 Å². The van der Waals surface area contributed by atoms with Gasteiger partial charge in [-0.3, -0.25) is 0 Å². The fraction of sp³-hybridized carbons (Fsp3) is 0.714. The van der Waals surface area contributed by atoms with Gasteiger partial charge in [0.2, 0.25) is 0 Å². The molecule has 1 fully saturated rings. The standard InChI is InChI=1S/C21H35BO3/c1-8-10-11-12-21(23,9-2)17-13-16(3)14-18(15-17)22-24-19(4,5)20(6,7)25-22/h13-15,23H,8-12H2,1-7H3. The summed E-state index contributed by atoms with van der Waals surface area (Å²) < 4.78 is 12.4. The van der Waals surface area contributed by atoms with Crippen LogP contribution < -0.4 is 5.46 Å². The number of aryl methyl sites for hydroxylation is 1. The third-order valence-corrected chi connectivity index (χ3v) is 5.94. The third-order valence-electron chi connectivity index (χ3n) is 5.94. The Kier molecular flexibility index (Phi) is 6.08. The molecule has 1 atom stereocenters. The van der Waals surface area contributed by atoms with Crippen LogP contribution in [0.15, 0.2) is 18.2 Å². The van der Waals surface area contributed by atoms with Gasteiger partial charge < -0.3 is 14.4 Å². The lowest BCUT2D eigenvalue weighted by molar-refractivity contribution is 0.00578. The lowest BCUT2D eigenvalue weighted by Gasteiger charge is -2.32. The van der Waals surface area contributed by atoms with Crippen molar-refractivity contribution < 1.29 is 14.4 Å². The summed E-state index contributed by atoms with van der Waals surface area (Å²) in [6, 6.07) is 6.28. The van der Waals surface area contributed by atoms with Crippen molar-refractivity contribution in [1.82, 2.24) is 0 Å². The maximum absolute atomic E-state index is 11.2. The zero-order chi connectivity index (χ0) is 18.9. The van der Waals surface area contributed by atoms with Crippen molar-refractivity contribution in [2.24, 2.45) is 0 Å². The second kappa shape index (κ2) is 7.42. The zero-order valence-corrected chi connectivity index (χ0v) is 17.1. The average molecular weight is 346 g/mol. The summed E-state index contributed by atoms with van der Waals surface area (Å²) in [7, 11) is -0.389. The molecule has 1 saturated heterocycles. The van der Waals surface area contributed by atoms with Gasteiger partial charge in [0, 0.05) is 0 Å². The zero-order valence-electron chi connectivity index (χ0n) is 17.1. The molecule has 0 radical (unpaired) electrons. The van der Waals surface area contributed by atoms with E-state index in [2.05, 4.69) is 66.7 Å². The van der Waals surface area contributed by atoms with E-state index in [0.717, 1.165) is 42.3 Å². The van der Waals surface area contributed by atoms with E-state index in [9.17, 15) is 5.11 Å². The first-order valence-electron chi connectivity index (χ1n) is 9.75. The molecule has 25 heavy (non-hydrogen) atoms. The molecule has 0 aliphatic carbocycles. The first-order valence-corrected chi connectivity index (χ1v) is 9.75. The Morgan fingerprint density at radius 3 is 2.12 bits per heavy atom. The number of rotatable bonds is 7. The van der Waals surface area contributed by atoms with Crippen LogP contribution in [0.4, 0.5) is 0 Å². The predicted molar refractivity (Wildman–Crippen MR) is 105 cm³/mol. The molecule has 3 nitrogen and oxygen atoms in total. The van der Waals surface area contributed by atoms with Crippen molar-refractivity contribution in [2.45, 2.75) is 97.4 Å². The lowest BCUT2D eigenvalue weighted by Crippen LogP contribution is -2.41. The van der Waals surface area contributed by atoms with E-state index in [4.69, 9.17) is 9.31 Å². The highest BCUT2D eigenvalue weighted by atomic mass is 16.7. The van der Waals surface area contributed by atoms with E-state index in [1.165, 1.54) is 0 Å². The van der Waals surface area contributed by atoms with Gasteiger partial charge >= 0.3 is 7.12 Å². The van der Waals surface area contributed by atoms with Gasteiger partial charge in [-0.1, -0.05) is 56.9 Å². The summed E-state index contributed by atoms with van der Waals surface area (Å²) in [5.74, 6) is 0.